The molecule has 0 fully saturated rings. The number of carbonyl (C=O) groups excluding carboxylic acids is 2. The zero-order valence-electron chi connectivity index (χ0n) is 13.7. The number of hydrogen-bond acceptors (Lipinski definition) is 5. The van der Waals surface area contributed by atoms with Crippen LogP contribution in [0.1, 0.15) is 5.56 Å². The monoisotopic (exact) mass is 342 g/mol. The van der Waals surface area contributed by atoms with Gasteiger partial charge in [0.25, 0.3) is 5.91 Å². The first-order chi connectivity index (χ1) is 12.0. The molecule has 1 heterocycles. The topological polar surface area (TPSA) is 91.1 Å². The molecule has 0 spiro atoms. The largest absolute Gasteiger partial charge is 0.489 e. The van der Waals surface area contributed by atoms with E-state index in [1.54, 1.807) is 25.2 Å². The zero-order chi connectivity index (χ0) is 17.8. The Morgan fingerprint density at radius 3 is 2.76 bits per heavy atom. The Kier molecular flexibility index (Phi) is 4.74. The molecule has 0 unspecified atom stereocenters. The van der Waals surface area contributed by atoms with Gasteiger partial charge in [0.1, 0.15) is 24.7 Å². The summed E-state index contributed by atoms with van der Waals surface area (Å²) >= 11 is 0. The van der Waals surface area contributed by atoms with Crippen LogP contribution < -0.4 is 20.1 Å². The fourth-order valence-electron chi connectivity index (χ4n) is 2.51. The Morgan fingerprint density at radius 1 is 1.28 bits per heavy atom. The number of primary amides is 1. The van der Waals surface area contributed by atoms with Crippen molar-refractivity contribution in [3.8, 4) is 11.5 Å². The molecule has 0 bridgehead atoms. The number of amides is 2. The Morgan fingerprint density at radius 2 is 2.04 bits per heavy atom. The predicted octanol–water partition coefficient (Wildman–Crippen LogP) is 2.08. The zero-order valence-corrected chi connectivity index (χ0v) is 13.7. The summed E-state index contributed by atoms with van der Waals surface area (Å²) in [6, 6.07) is 14.9. The van der Waals surface area contributed by atoms with Crippen molar-refractivity contribution in [2.45, 2.75) is 12.7 Å². The standard InChI is InChI=1S/C18H18N2O5/c1-20-14-9-13(23-10-12-5-3-2-4-6-12)7-8-15(14)24-11-16(17(20)21)25-18(19)22/h2-9,16H,10-11H2,1H3,(H2,19,22)/t16-/m0/s1. The molecule has 3 rings (SSSR count). The molecule has 0 saturated carbocycles. The first-order valence-corrected chi connectivity index (χ1v) is 7.72. The molecule has 0 aliphatic carbocycles. The lowest BCUT2D eigenvalue weighted by Crippen LogP contribution is -2.41. The minimum Gasteiger partial charge on any atom is -0.489 e. The molecule has 2 aromatic carbocycles. The highest BCUT2D eigenvalue weighted by Crippen LogP contribution is 2.34. The normalized spacial score (nSPS) is 16.4. The van der Waals surface area contributed by atoms with Gasteiger partial charge in [0.2, 0.25) is 6.10 Å². The lowest BCUT2D eigenvalue weighted by Gasteiger charge is -2.19. The Balaban J connectivity index is 1.77. The van der Waals surface area contributed by atoms with Gasteiger partial charge in [-0.25, -0.2) is 4.79 Å². The van der Waals surface area contributed by atoms with Crippen molar-refractivity contribution >= 4 is 17.7 Å². The lowest BCUT2D eigenvalue weighted by molar-refractivity contribution is -0.127. The second kappa shape index (κ2) is 7.12. The number of ether oxygens (including phenoxy) is 3. The van der Waals surface area contributed by atoms with Crippen LogP contribution in [0.2, 0.25) is 0 Å². The van der Waals surface area contributed by atoms with Crippen LogP contribution in [-0.2, 0) is 16.1 Å². The van der Waals surface area contributed by atoms with Crippen molar-refractivity contribution in [3.63, 3.8) is 0 Å². The predicted molar refractivity (Wildman–Crippen MR) is 90.6 cm³/mol. The Bertz CT molecular complexity index is 778. The summed E-state index contributed by atoms with van der Waals surface area (Å²) in [6.45, 7) is 0.314. The van der Waals surface area contributed by atoms with Gasteiger partial charge in [-0.1, -0.05) is 30.3 Å². The summed E-state index contributed by atoms with van der Waals surface area (Å²) in [5, 5.41) is 0. The Hall–Kier alpha value is -3.22. The molecule has 25 heavy (non-hydrogen) atoms. The number of anilines is 1. The van der Waals surface area contributed by atoms with Gasteiger partial charge in [-0.05, 0) is 17.7 Å². The van der Waals surface area contributed by atoms with Crippen molar-refractivity contribution in [2.75, 3.05) is 18.6 Å². The molecule has 1 atom stereocenters. The van der Waals surface area contributed by atoms with Crippen molar-refractivity contribution in [2.24, 2.45) is 5.73 Å². The SMILES string of the molecule is CN1C(=O)[C@@H](OC(N)=O)COc2ccc(OCc3ccccc3)cc21. The van der Waals surface area contributed by atoms with Crippen LogP contribution in [0.3, 0.4) is 0 Å². The summed E-state index contributed by atoms with van der Waals surface area (Å²) in [5.74, 6) is 0.677. The van der Waals surface area contributed by atoms with E-state index >= 15 is 0 Å². The number of likely N-dealkylation sites (N-methyl/N-ethyl adjacent to an activating group) is 1. The van der Waals surface area contributed by atoms with E-state index in [-0.39, 0.29) is 6.61 Å². The summed E-state index contributed by atoms with van der Waals surface area (Å²) in [4.78, 5) is 24.7. The third-order valence-electron chi connectivity index (χ3n) is 3.79. The number of nitrogens with zero attached hydrogens (tertiary/aromatic N) is 1. The molecular formula is C18H18N2O5. The highest BCUT2D eigenvalue weighted by molar-refractivity contribution is 5.99. The molecule has 2 aromatic rings. The molecule has 1 aliphatic heterocycles. The van der Waals surface area contributed by atoms with Gasteiger partial charge in [0.05, 0.1) is 5.69 Å². The fraction of sp³-hybridized carbons (Fsp3) is 0.222. The average Bonchev–Trinajstić information content (AvgIpc) is 2.73. The minimum atomic E-state index is -1.08. The summed E-state index contributed by atoms with van der Waals surface area (Å²) in [6.07, 6.45) is -2.10. The quantitative estimate of drug-likeness (QED) is 0.918. The van der Waals surface area contributed by atoms with Crippen molar-refractivity contribution in [3.05, 3.63) is 54.1 Å². The maximum Gasteiger partial charge on any atom is 0.405 e. The van der Waals surface area contributed by atoms with Crippen LogP contribution in [0.5, 0.6) is 11.5 Å². The third kappa shape index (κ3) is 3.82. The molecule has 7 nitrogen and oxygen atoms in total. The van der Waals surface area contributed by atoms with Gasteiger partial charge in [-0.15, -0.1) is 0 Å². The summed E-state index contributed by atoms with van der Waals surface area (Å²) in [5.41, 5.74) is 6.57. The lowest BCUT2D eigenvalue weighted by atomic mass is 10.2. The fourth-order valence-corrected chi connectivity index (χ4v) is 2.51. The molecule has 1 aliphatic rings. The highest BCUT2D eigenvalue weighted by atomic mass is 16.6. The number of rotatable bonds is 4. The minimum absolute atomic E-state index is 0.0939. The number of nitrogens with two attached hydrogens (primary N) is 1. The number of fused-ring (bicyclic) bond motifs is 1. The van der Waals surface area contributed by atoms with E-state index in [4.69, 9.17) is 19.9 Å². The smallest absolute Gasteiger partial charge is 0.405 e. The van der Waals surface area contributed by atoms with Gasteiger partial charge >= 0.3 is 6.09 Å². The maximum absolute atomic E-state index is 12.4. The van der Waals surface area contributed by atoms with E-state index in [0.717, 1.165) is 5.56 Å². The van der Waals surface area contributed by atoms with Crippen molar-refractivity contribution in [1.29, 1.82) is 0 Å². The van der Waals surface area contributed by atoms with Crippen LogP contribution in [-0.4, -0.2) is 31.8 Å². The molecule has 2 amide bonds. The van der Waals surface area contributed by atoms with Crippen LogP contribution in [0.25, 0.3) is 0 Å². The second-order valence-corrected chi connectivity index (χ2v) is 5.54. The van der Waals surface area contributed by atoms with E-state index < -0.39 is 18.1 Å². The van der Waals surface area contributed by atoms with Crippen LogP contribution >= 0.6 is 0 Å². The van der Waals surface area contributed by atoms with E-state index in [1.807, 2.05) is 30.3 Å². The number of carbonyl (C=O) groups is 2. The third-order valence-corrected chi connectivity index (χ3v) is 3.79. The van der Waals surface area contributed by atoms with Gasteiger partial charge in [-0.3, -0.25) is 4.79 Å². The first kappa shape index (κ1) is 16.6. The van der Waals surface area contributed by atoms with Crippen LogP contribution in [0.4, 0.5) is 10.5 Å². The molecule has 0 aromatic heterocycles. The Labute approximate surface area is 144 Å². The van der Waals surface area contributed by atoms with Crippen LogP contribution in [0.15, 0.2) is 48.5 Å². The molecule has 0 radical (unpaired) electrons. The summed E-state index contributed by atoms with van der Waals surface area (Å²) < 4.78 is 16.2. The van der Waals surface area contributed by atoms with E-state index in [0.29, 0.717) is 23.8 Å². The first-order valence-electron chi connectivity index (χ1n) is 7.72. The van der Waals surface area contributed by atoms with E-state index in [1.165, 1.54) is 4.90 Å². The number of hydrogen-bond donors (Lipinski definition) is 1. The van der Waals surface area contributed by atoms with Gasteiger partial charge in [-0.2, -0.15) is 0 Å². The van der Waals surface area contributed by atoms with Crippen molar-refractivity contribution in [1.82, 2.24) is 0 Å². The van der Waals surface area contributed by atoms with Gasteiger partial charge < -0.3 is 24.8 Å². The summed E-state index contributed by atoms with van der Waals surface area (Å²) in [7, 11) is 1.58. The van der Waals surface area contributed by atoms with Crippen molar-refractivity contribution < 1.29 is 23.8 Å². The maximum atomic E-state index is 12.4. The van der Waals surface area contributed by atoms with Gasteiger partial charge in [0, 0.05) is 13.1 Å². The molecular weight excluding hydrogens is 324 g/mol. The average molecular weight is 342 g/mol. The van der Waals surface area contributed by atoms with E-state index in [2.05, 4.69) is 0 Å². The molecule has 0 saturated heterocycles. The number of benzene rings is 2. The second-order valence-electron chi connectivity index (χ2n) is 5.54. The van der Waals surface area contributed by atoms with E-state index in [9.17, 15) is 9.59 Å². The molecule has 2 N–H and O–H groups in total. The molecule has 7 heteroatoms. The van der Waals surface area contributed by atoms with Crippen LogP contribution in [0, 0.1) is 0 Å². The highest BCUT2D eigenvalue weighted by Gasteiger charge is 2.32. The molecule has 130 valence electrons. The van der Waals surface area contributed by atoms with Gasteiger partial charge in [0.15, 0.2) is 0 Å².